The maximum atomic E-state index is 2.65. The van der Waals surface area contributed by atoms with Crippen molar-refractivity contribution >= 4 is 0 Å². The van der Waals surface area contributed by atoms with Crippen molar-refractivity contribution in [3.63, 3.8) is 0 Å². The van der Waals surface area contributed by atoms with Crippen LogP contribution in [0.1, 0.15) is 47.0 Å². The number of rotatable bonds is 2. The van der Waals surface area contributed by atoms with Gasteiger partial charge in [0.05, 0.1) is 0 Å². The summed E-state index contributed by atoms with van der Waals surface area (Å²) in [6.45, 7) is 12.0. The first kappa shape index (κ1) is 10.0. The average molecular weight is 169 g/mol. The van der Waals surface area contributed by atoms with E-state index >= 15 is 0 Å². The van der Waals surface area contributed by atoms with E-state index in [1.807, 2.05) is 0 Å². The SMILES string of the molecule is CCC(C)(C)N1CCC(C)CC1. The third-order valence-electron chi connectivity index (χ3n) is 3.50. The Morgan fingerprint density at radius 2 is 1.75 bits per heavy atom. The minimum Gasteiger partial charge on any atom is -0.298 e. The zero-order valence-corrected chi connectivity index (χ0v) is 9.06. The predicted molar refractivity (Wildman–Crippen MR) is 54.3 cm³/mol. The van der Waals surface area contributed by atoms with E-state index in [-0.39, 0.29) is 0 Å². The molecule has 1 nitrogen and oxygen atoms in total. The second-order valence-corrected chi connectivity index (χ2v) is 4.84. The molecule has 0 radical (unpaired) electrons. The molecule has 0 saturated carbocycles. The molecule has 0 unspecified atom stereocenters. The van der Waals surface area contributed by atoms with Gasteiger partial charge in [0.1, 0.15) is 0 Å². The Balaban J connectivity index is 2.44. The molecule has 12 heavy (non-hydrogen) atoms. The highest BCUT2D eigenvalue weighted by molar-refractivity contribution is 4.83. The summed E-state index contributed by atoms with van der Waals surface area (Å²) in [4.78, 5) is 2.65. The molecule has 1 heterocycles. The number of hydrogen-bond donors (Lipinski definition) is 0. The minimum absolute atomic E-state index is 0.431. The lowest BCUT2D eigenvalue weighted by atomic mass is 9.92. The van der Waals surface area contributed by atoms with Crippen LogP contribution >= 0.6 is 0 Å². The second-order valence-electron chi connectivity index (χ2n) is 4.84. The van der Waals surface area contributed by atoms with E-state index in [1.54, 1.807) is 0 Å². The zero-order valence-electron chi connectivity index (χ0n) is 9.06. The van der Waals surface area contributed by atoms with E-state index in [0.717, 1.165) is 5.92 Å². The van der Waals surface area contributed by atoms with Crippen LogP contribution in [0, 0.1) is 5.92 Å². The van der Waals surface area contributed by atoms with Crippen molar-refractivity contribution in [1.29, 1.82) is 0 Å². The lowest BCUT2D eigenvalue weighted by molar-refractivity contribution is 0.0754. The van der Waals surface area contributed by atoms with Crippen molar-refractivity contribution in [2.75, 3.05) is 13.1 Å². The van der Waals surface area contributed by atoms with E-state index in [1.165, 1.54) is 32.4 Å². The lowest BCUT2D eigenvalue weighted by Gasteiger charge is -2.42. The number of piperidine rings is 1. The quantitative estimate of drug-likeness (QED) is 0.614. The van der Waals surface area contributed by atoms with Gasteiger partial charge in [0, 0.05) is 5.54 Å². The van der Waals surface area contributed by atoms with Crippen LogP contribution in [0.4, 0.5) is 0 Å². The van der Waals surface area contributed by atoms with Crippen LogP contribution in [0.25, 0.3) is 0 Å². The summed E-state index contributed by atoms with van der Waals surface area (Å²) in [6, 6.07) is 0. The second kappa shape index (κ2) is 3.78. The molecule has 72 valence electrons. The molecule has 0 atom stereocenters. The van der Waals surface area contributed by atoms with Crippen molar-refractivity contribution < 1.29 is 0 Å². The fraction of sp³-hybridized carbons (Fsp3) is 1.00. The molecule has 0 amide bonds. The first-order valence-electron chi connectivity index (χ1n) is 5.31. The fourth-order valence-electron chi connectivity index (χ4n) is 1.84. The Morgan fingerprint density at radius 3 is 2.17 bits per heavy atom. The highest BCUT2D eigenvalue weighted by atomic mass is 15.2. The van der Waals surface area contributed by atoms with Gasteiger partial charge in [-0.25, -0.2) is 0 Å². The van der Waals surface area contributed by atoms with Gasteiger partial charge in [-0.15, -0.1) is 0 Å². The molecule has 1 rings (SSSR count). The van der Waals surface area contributed by atoms with E-state index in [2.05, 4.69) is 32.6 Å². The topological polar surface area (TPSA) is 3.24 Å². The predicted octanol–water partition coefficient (Wildman–Crippen LogP) is 2.91. The first-order chi connectivity index (χ1) is 5.56. The summed E-state index contributed by atoms with van der Waals surface area (Å²) in [7, 11) is 0. The summed E-state index contributed by atoms with van der Waals surface area (Å²) in [5, 5.41) is 0. The molecule has 1 fully saturated rings. The van der Waals surface area contributed by atoms with Gasteiger partial charge in [-0.1, -0.05) is 13.8 Å². The van der Waals surface area contributed by atoms with E-state index in [0.29, 0.717) is 5.54 Å². The normalized spacial score (nSPS) is 23.0. The van der Waals surface area contributed by atoms with Crippen molar-refractivity contribution in [2.24, 2.45) is 5.92 Å². The maximum absolute atomic E-state index is 2.65. The van der Waals surface area contributed by atoms with Gasteiger partial charge in [-0.05, 0) is 52.1 Å². The van der Waals surface area contributed by atoms with Gasteiger partial charge in [-0.2, -0.15) is 0 Å². The summed E-state index contributed by atoms with van der Waals surface area (Å²) in [6.07, 6.45) is 4.05. The zero-order chi connectivity index (χ0) is 9.19. The molecule has 1 saturated heterocycles. The third-order valence-corrected chi connectivity index (χ3v) is 3.50. The minimum atomic E-state index is 0.431. The van der Waals surface area contributed by atoms with Crippen LogP contribution in [-0.2, 0) is 0 Å². The Labute approximate surface area is 77.1 Å². The molecule has 0 bridgehead atoms. The standard InChI is InChI=1S/C11H23N/c1-5-11(3,4)12-8-6-10(2)7-9-12/h10H,5-9H2,1-4H3. The van der Waals surface area contributed by atoms with Crippen LogP contribution in [0.5, 0.6) is 0 Å². The van der Waals surface area contributed by atoms with Crippen molar-refractivity contribution in [3.8, 4) is 0 Å². The third kappa shape index (κ3) is 2.22. The Bertz CT molecular complexity index is 132. The summed E-state index contributed by atoms with van der Waals surface area (Å²) in [5.74, 6) is 0.953. The van der Waals surface area contributed by atoms with E-state index < -0.39 is 0 Å². The lowest BCUT2D eigenvalue weighted by Crippen LogP contribution is -2.47. The van der Waals surface area contributed by atoms with Gasteiger partial charge in [0.2, 0.25) is 0 Å². The van der Waals surface area contributed by atoms with Crippen LogP contribution in [0.3, 0.4) is 0 Å². The molecule has 1 aliphatic heterocycles. The number of hydrogen-bond acceptors (Lipinski definition) is 1. The van der Waals surface area contributed by atoms with Gasteiger partial charge >= 0.3 is 0 Å². The molecule has 1 heteroatoms. The molecule has 0 aliphatic carbocycles. The summed E-state index contributed by atoms with van der Waals surface area (Å²) in [5.41, 5.74) is 0.431. The number of nitrogens with zero attached hydrogens (tertiary/aromatic N) is 1. The Kier molecular flexibility index (Phi) is 3.16. The molecule has 0 aromatic heterocycles. The highest BCUT2D eigenvalue weighted by Gasteiger charge is 2.27. The van der Waals surface area contributed by atoms with E-state index in [9.17, 15) is 0 Å². The molecule has 0 N–H and O–H groups in total. The van der Waals surface area contributed by atoms with Gasteiger partial charge < -0.3 is 0 Å². The van der Waals surface area contributed by atoms with E-state index in [4.69, 9.17) is 0 Å². The number of likely N-dealkylation sites (tertiary alicyclic amines) is 1. The van der Waals surface area contributed by atoms with Gasteiger partial charge in [0.25, 0.3) is 0 Å². The van der Waals surface area contributed by atoms with Gasteiger partial charge in [-0.3, -0.25) is 4.90 Å². The molecule has 0 aromatic carbocycles. The first-order valence-corrected chi connectivity index (χ1v) is 5.31. The monoisotopic (exact) mass is 169 g/mol. The van der Waals surface area contributed by atoms with Crippen molar-refractivity contribution in [1.82, 2.24) is 4.90 Å². The molecular formula is C11H23N. The molecule has 0 spiro atoms. The molecule has 1 aliphatic rings. The van der Waals surface area contributed by atoms with Crippen LogP contribution < -0.4 is 0 Å². The highest BCUT2D eigenvalue weighted by Crippen LogP contribution is 2.25. The van der Waals surface area contributed by atoms with Crippen LogP contribution in [-0.4, -0.2) is 23.5 Å². The van der Waals surface area contributed by atoms with Crippen LogP contribution in [0.15, 0.2) is 0 Å². The summed E-state index contributed by atoms with van der Waals surface area (Å²) >= 11 is 0. The molecular weight excluding hydrogens is 146 g/mol. The maximum Gasteiger partial charge on any atom is 0.0150 e. The largest absolute Gasteiger partial charge is 0.298 e. The summed E-state index contributed by atoms with van der Waals surface area (Å²) < 4.78 is 0. The average Bonchev–Trinajstić information content (AvgIpc) is 2.05. The smallest absolute Gasteiger partial charge is 0.0150 e. The van der Waals surface area contributed by atoms with Gasteiger partial charge in [0.15, 0.2) is 0 Å². The van der Waals surface area contributed by atoms with Crippen molar-refractivity contribution in [3.05, 3.63) is 0 Å². The van der Waals surface area contributed by atoms with Crippen LogP contribution in [0.2, 0.25) is 0 Å². The fourth-order valence-corrected chi connectivity index (χ4v) is 1.84. The van der Waals surface area contributed by atoms with Crippen molar-refractivity contribution in [2.45, 2.75) is 52.5 Å². The Morgan fingerprint density at radius 1 is 1.25 bits per heavy atom. The Hall–Kier alpha value is -0.0400. The molecule has 0 aromatic rings.